The summed E-state index contributed by atoms with van der Waals surface area (Å²) in [7, 11) is 0. The molecule has 2 N–H and O–H groups in total. The average molecular weight is 288 g/mol. The van der Waals surface area contributed by atoms with E-state index < -0.39 is 0 Å². The highest BCUT2D eigenvalue weighted by atomic mass is 32.2. The summed E-state index contributed by atoms with van der Waals surface area (Å²) in [4.78, 5) is 1.31. The van der Waals surface area contributed by atoms with Crippen molar-refractivity contribution in [3.05, 3.63) is 53.6 Å². The zero-order valence-electron chi connectivity index (χ0n) is 11.5. The lowest BCUT2D eigenvalue weighted by Crippen LogP contribution is -2.80. The first-order valence-corrected chi connectivity index (χ1v) is 7.91. The van der Waals surface area contributed by atoms with Gasteiger partial charge >= 0.3 is 0 Å². The monoisotopic (exact) mass is 288 g/mol. The largest absolute Gasteiger partial charge is 0.454 e. The summed E-state index contributed by atoms with van der Waals surface area (Å²) in [6.07, 6.45) is 2.10. The summed E-state index contributed by atoms with van der Waals surface area (Å²) in [5.41, 5.74) is 2.61. The number of benzene rings is 2. The molecule has 0 saturated heterocycles. The molecule has 4 heteroatoms. The molecule has 20 heavy (non-hydrogen) atoms. The fraction of sp³-hybridized carbons (Fsp3) is 0.250. The van der Waals surface area contributed by atoms with E-state index in [0.29, 0.717) is 6.79 Å². The lowest BCUT2D eigenvalue weighted by Gasteiger charge is -2.04. The second-order valence-corrected chi connectivity index (χ2v) is 5.61. The molecule has 1 aliphatic heterocycles. The van der Waals surface area contributed by atoms with E-state index in [4.69, 9.17) is 9.47 Å². The van der Waals surface area contributed by atoms with Crippen LogP contribution in [0.25, 0.3) is 0 Å². The molecule has 0 atom stereocenters. The van der Waals surface area contributed by atoms with E-state index in [1.165, 1.54) is 16.0 Å². The first kappa shape index (κ1) is 13.3. The Balaban J connectivity index is 1.54. The van der Waals surface area contributed by atoms with Crippen LogP contribution < -0.4 is 14.8 Å². The van der Waals surface area contributed by atoms with Crippen molar-refractivity contribution in [3.8, 4) is 11.5 Å². The quantitative estimate of drug-likeness (QED) is 0.858. The van der Waals surface area contributed by atoms with Crippen LogP contribution in [0.15, 0.2) is 47.4 Å². The maximum absolute atomic E-state index is 5.39. The minimum atomic E-state index is 0.338. The number of nitrogens with two attached hydrogens (primary N) is 1. The Morgan fingerprint density at radius 1 is 0.950 bits per heavy atom. The molecule has 1 heterocycles. The highest BCUT2D eigenvalue weighted by Crippen LogP contribution is 2.32. The van der Waals surface area contributed by atoms with E-state index >= 15 is 0 Å². The van der Waals surface area contributed by atoms with Crippen LogP contribution in [0.4, 0.5) is 0 Å². The summed E-state index contributed by atoms with van der Waals surface area (Å²) < 4.78 is 10.7. The van der Waals surface area contributed by atoms with Crippen LogP contribution >= 0.6 is 11.8 Å². The molecule has 0 bridgehead atoms. The molecule has 0 fully saturated rings. The molecular weight excluding hydrogens is 270 g/mol. The van der Waals surface area contributed by atoms with Gasteiger partial charge in [0.15, 0.2) is 11.5 Å². The van der Waals surface area contributed by atoms with Crippen LogP contribution in [0.5, 0.6) is 11.5 Å². The van der Waals surface area contributed by atoms with Crippen molar-refractivity contribution < 1.29 is 14.8 Å². The Hall–Kier alpha value is -1.65. The molecule has 0 saturated carbocycles. The normalized spacial score (nSPS) is 12.7. The first-order valence-electron chi connectivity index (χ1n) is 6.68. The summed E-state index contributed by atoms with van der Waals surface area (Å²) in [5.74, 6) is 1.71. The number of rotatable bonds is 5. The first-order chi connectivity index (χ1) is 9.85. The zero-order valence-corrected chi connectivity index (χ0v) is 12.3. The van der Waals surface area contributed by atoms with Gasteiger partial charge in [0.25, 0.3) is 0 Å². The van der Waals surface area contributed by atoms with Gasteiger partial charge in [0.1, 0.15) is 13.1 Å². The molecular formula is C16H18NO2S+. The molecule has 1 aliphatic rings. The van der Waals surface area contributed by atoms with Crippen LogP contribution in [-0.4, -0.2) is 13.0 Å². The highest BCUT2D eigenvalue weighted by molar-refractivity contribution is 7.98. The third-order valence-electron chi connectivity index (χ3n) is 3.36. The number of thioether (sulfide) groups is 1. The lowest BCUT2D eigenvalue weighted by atomic mass is 10.2. The minimum absolute atomic E-state index is 0.338. The Morgan fingerprint density at radius 2 is 1.65 bits per heavy atom. The molecule has 0 aliphatic carbocycles. The molecule has 0 spiro atoms. The second kappa shape index (κ2) is 6.20. The van der Waals surface area contributed by atoms with Crippen molar-refractivity contribution in [3.63, 3.8) is 0 Å². The van der Waals surface area contributed by atoms with Crippen molar-refractivity contribution in [2.24, 2.45) is 0 Å². The molecule has 3 nitrogen and oxygen atoms in total. The van der Waals surface area contributed by atoms with Crippen molar-refractivity contribution in [2.75, 3.05) is 13.0 Å². The maximum atomic E-state index is 5.39. The van der Waals surface area contributed by atoms with Crippen LogP contribution in [-0.2, 0) is 13.1 Å². The van der Waals surface area contributed by atoms with Crippen LogP contribution in [0, 0.1) is 0 Å². The van der Waals surface area contributed by atoms with E-state index in [9.17, 15) is 0 Å². The molecule has 2 aromatic rings. The molecule has 104 valence electrons. The van der Waals surface area contributed by atoms with E-state index in [1.54, 1.807) is 11.8 Å². The standard InChI is InChI=1S/C16H17NO2S/c1-20-14-5-2-12(3-6-14)9-17-10-13-4-7-15-16(8-13)19-11-18-15/h2-8,17H,9-11H2,1H3/p+1. The van der Waals surface area contributed by atoms with E-state index in [-0.39, 0.29) is 0 Å². The minimum Gasteiger partial charge on any atom is -0.454 e. The Kier molecular flexibility index (Phi) is 4.14. The van der Waals surface area contributed by atoms with E-state index in [2.05, 4.69) is 48.0 Å². The van der Waals surface area contributed by atoms with Gasteiger partial charge in [-0.3, -0.25) is 0 Å². The summed E-state index contributed by atoms with van der Waals surface area (Å²) in [5, 5.41) is 2.30. The number of hydrogen-bond donors (Lipinski definition) is 1. The molecule has 0 unspecified atom stereocenters. The number of ether oxygens (including phenoxy) is 2. The predicted molar refractivity (Wildman–Crippen MR) is 80.1 cm³/mol. The second-order valence-electron chi connectivity index (χ2n) is 4.73. The van der Waals surface area contributed by atoms with E-state index in [1.807, 2.05) is 6.07 Å². The van der Waals surface area contributed by atoms with E-state index in [0.717, 1.165) is 24.6 Å². The number of fused-ring (bicyclic) bond motifs is 1. The Labute approximate surface area is 123 Å². The third kappa shape index (κ3) is 3.08. The molecule has 0 amide bonds. The Bertz CT molecular complexity index is 584. The van der Waals surface area contributed by atoms with Gasteiger partial charge < -0.3 is 14.8 Å². The summed E-state index contributed by atoms with van der Waals surface area (Å²) in [6.45, 7) is 2.27. The zero-order chi connectivity index (χ0) is 13.8. The molecule has 0 aromatic heterocycles. The average Bonchev–Trinajstić information content (AvgIpc) is 2.95. The molecule has 3 rings (SSSR count). The smallest absolute Gasteiger partial charge is 0.231 e. The fourth-order valence-corrected chi connectivity index (χ4v) is 2.64. The Morgan fingerprint density at radius 3 is 2.45 bits per heavy atom. The van der Waals surface area contributed by atoms with Crippen molar-refractivity contribution >= 4 is 11.8 Å². The van der Waals surface area contributed by atoms with Gasteiger partial charge in [-0.2, -0.15) is 0 Å². The summed E-state index contributed by atoms with van der Waals surface area (Å²) >= 11 is 1.77. The van der Waals surface area contributed by atoms with Crippen LogP contribution in [0.1, 0.15) is 11.1 Å². The SMILES string of the molecule is CSc1ccc(C[NH2+]Cc2ccc3c(c2)OCO3)cc1. The van der Waals surface area contributed by atoms with Gasteiger partial charge in [0, 0.05) is 16.0 Å². The van der Waals surface area contributed by atoms with Gasteiger partial charge in [-0.15, -0.1) is 11.8 Å². The maximum Gasteiger partial charge on any atom is 0.231 e. The number of quaternary nitrogens is 1. The van der Waals surface area contributed by atoms with Gasteiger partial charge in [-0.25, -0.2) is 0 Å². The topological polar surface area (TPSA) is 35.1 Å². The van der Waals surface area contributed by atoms with Gasteiger partial charge in [0.05, 0.1) is 0 Å². The predicted octanol–water partition coefficient (Wildman–Crippen LogP) is 2.40. The summed E-state index contributed by atoms with van der Waals surface area (Å²) in [6, 6.07) is 14.9. The molecule has 0 radical (unpaired) electrons. The fourth-order valence-electron chi connectivity index (χ4n) is 2.24. The van der Waals surface area contributed by atoms with Crippen LogP contribution in [0.3, 0.4) is 0 Å². The number of hydrogen-bond acceptors (Lipinski definition) is 3. The molecule has 2 aromatic carbocycles. The lowest BCUT2D eigenvalue weighted by molar-refractivity contribution is -0.686. The van der Waals surface area contributed by atoms with Crippen molar-refractivity contribution in [2.45, 2.75) is 18.0 Å². The van der Waals surface area contributed by atoms with Crippen LogP contribution in [0.2, 0.25) is 0 Å². The highest BCUT2D eigenvalue weighted by Gasteiger charge is 2.13. The van der Waals surface area contributed by atoms with Gasteiger partial charge in [0.2, 0.25) is 6.79 Å². The van der Waals surface area contributed by atoms with Crippen molar-refractivity contribution in [1.82, 2.24) is 0 Å². The van der Waals surface area contributed by atoms with Gasteiger partial charge in [-0.1, -0.05) is 12.1 Å². The third-order valence-corrected chi connectivity index (χ3v) is 4.10. The van der Waals surface area contributed by atoms with Gasteiger partial charge in [-0.05, 0) is 36.6 Å². The van der Waals surface area contributed by atoms with Crippen molar-refractivity contribution in [1.29, 1.82) is 0 Å².